The van der Waals surface area contributed by atoms with Gasteiger partial charge in [-0.2, -0.15) is 0 Å². The van der Waals surface area contributed by atoms with Crippen molar-refractivity contribution in [3.8, 4) is 5.75 Å². The molecule has 0 bridgehead atoms. The molecule has 0 spiro atoms. The molecule has 5 nitrogen and oxygen atoms in total. The number of hydrogen-bond donors (Lipinski definition) is 2. The maximum atomic E-state index is 13.4. The minimum Gasteiger partial charge on any atom is -0.492 e. The highest BCUT2D eigenvalue weighted by molar-refractivity contribution is 6.05. The number of amides is 2. The monoisotopic (exact) mass is 450 g/mol. The molecular weight excluding hydrogens is 424 g/mol. The molecule has 0 heterocycles. The van der Waals surface area contributed by atoms with Gasteiger partial charge in [0, 0.05) is 0 Å². The van der Waals surface area contributed by atoms with E-state index in [-0.39, 0.29) is 11.8 Å². The zero-order valence-corrected chi connectivity index (χ0v) is 18.7. The highest BCUT2D eigenvalue weighted by Gasteiger charge is 2.24. The summed E-state index contributed by atoms with van der Waals surface area (Å²) in [6, 6.07) is 35.7. The Morgan fingerprint density at radius 3 is 1.82 bits per heavy atom. The lowest BCUT2D eigenvalue weighted by Gasteiger charge is -2.19. The second-order valence-electron chi connectivity index (χ2n) is 7.71. The predicted octanol–water partition coefficient (Wildman–Crippen LogP) is 5.27. The Kier molecular flexibility index (Phi) is 7.70. The van der Waals surface area contributed by atoms with Crippen LogP contribution in [-0.4, -0.2) is 25.0 Å². The Balaban J connectivity index is 1.46. The number of benzene rings is 4. The van der Waals surface area contributed by atoms with Crippen LogP contribution in [0.3, 0.4) is 0 Å². The molecule has 4 aromatic rings. The van der Waals surface area contributed by atoms with Crippen molar-refractivity contribution in [2.45, 2.75) is 5.92 Å². The lowest BCUT2D eigenvalue weighted by molar-refractivity contribution is -0.116. The number of carbonyl (C=O) groups excluding carboxylic acids is 2. The summed E-state index contributed by atoms with van der Waals surface area (Å²) < 4.78 is 5.63. The van der Waals surface area contributed by atoms with Gasteiger partial charge in [-0.05, 0) is 35.4 Å². The van der Waals surface area contributed by atoms with Gasteiger partial charge in [-0.25, -0.2) is 0 Å². The van der Waals surface area contributed by atoms with Crippen LogP contribution < -0.4 is 15.4 Å². The van der Waals surface area contributed by atoms with Crippen molar-refractivity contribution in [3.63, 3.8) is 0 Å². The van der Waals surface area contributed by atoms with Crippen molar-refractivity contribution in [2.75, 3.05) is 18.5 Å². The van der Waals surface area contributed by atoms with Gasteiger partial charge in [-0.15, -0.1) is 0 Å². The van der Waals surface area contributed by atoms with E-state index in [1.165, 1.54) is 0 Å². The van der Waals surface area contributed by atoms with Gasteiger partial charge in [0.2, 0.25) is 5.91 Å². The third-order valence-electron chi connectivity index (χ3n) is 5.36. The number of para-hydroxylation sites is 2. The van der Waals surface area contributed by atoms with Gasteiger partial charge >= 0.3 is 0 Å². The molecule has 0 atom stereocenters. The Bertz CT molecular complexity index is 1170. The number of rotatable bonds is 9. The average molecular weight is 451 g/mol. The molecule has 2 N–H and O–H groups in total. The predicted molar refractivity (Wildman–Crippen MR) is 134 cm³/mol. The second kappa shape index (κ2) is 11.5. The van der Waals surface area contributed by atoms with Crippen LogP contribution in [0, 0.1) is 0 Å². The number of carbonyl (C=O) groups is 2. The van der Waals surface area contributed by atoms with Crippen molar-refractivity contribution >= 4 is 17.5 Å². The normalized spacial score (nSPS) is 10.5. The van der Waals surface area contributed by atoms with Gasteiger partial charge in [0.1, 0.15) is 12.4 Å². The fourth-order valence-electron chi connectivity index (χ4n) is 3.73. The second-order valence-corrected chi connectivity index (χ2v) is 7.71. The van der Waals surface area contributed by atoms with E-state index in [2.05, 4.69) is 10.6 Å². The first kappa shape index (κ1) is 22.8. The van der Waals surface area contributed by atoms with E-state index in [4.69, 9.17) is 4.74 Å². The van der Waals surface area contributed by atoms with E-state index >= 15 is 0 Å². The van der Waals surface area contributed by atoms with Crippen LogP contribution in [0.15, 0.2) is 115 Å². The zero-order valence-electron chi connectivity index (χ0n) is 18.7. The van der Waals surface area contributed by atoms with Crippen LogP contribution in [0.5, 0.6) is 5.75 Å². The van der Waals surface area contributed by atoms with Crippen LogP contribution in [0.1, 0.15) is 27.4 Å². The summed E-state index contributed by atoms with van der Waals surface area (Å²) in [4.78, 5) is 26.3. The van der Waals surface area contributed by atoms with E-state index in [0.717, 1.165) is 16.9 Å². The van der Waals surface area contributed by atoms with E-state index < -0.39 is 5.92 Å². The molecule has 0 saturated heterocycles. The van der Waals surface area contributed by atoms with E-state index in [1.54, 1.807) is 24.3 Å². The van der Waals surface area contributed by atoms with Gasteiger partial charge in [-0.3, -0.25) is 9.59 Å². The molecule has 0 aliphatic carbocycles. The van der Waals surface area contributed by atoms with Gasteiger partial charge in [0.05, 0.1) is 23.7 Å². The number of ether oxygens (including phenoxy) is 1. The molecule has 4 aromatic carbocycles. The van der Waals surface area contributed by atoms with Gasteiger partial charge in [-0.1, -0.05) is 91.0 Å². The SMILES string of the molecule is O=C(NCCOc1ccccc1)c1ccccc1NC(=O)C(c1ccccc1)c1ccccc1. The first-order valence-electron chi connectivity index (χ1n) is 11.2. The van der Waals surface area contributed by atoms with Crippen molar-refractivity contribution in [1.82, 2.24) is 5.32 Å². The highest BCUT2D eigenvalue weighted by atomic mass is 16.5. The standard InChI is InChI=1S/C29H26N2O3/c32-28(30-20-21-34-24-16-8-3-9-17-24)25-18-10-11-19-26(25)31-29(33)27(22-12-4-1-5-13-22)23-14-6-2-7-15-23/h1-19,27H,20-21H2,(H,30,32)(H,31,33). The molecule has 0 aliphatic rings. The lowest BCUT2D eigenvalue weighted by Crippen LogP contribution is -2.30. The maximum absolute atomic E-state index is 13.4. The summed E-state index contributed by atoms with van der Waals surface area (Å²) >= 11 is 0. The summed E-state index contributed by atoms with van der Waals surface area (Å²) in [6.07, 6.45) is 0. The summed E-state index contributed by atoms with van der Waals surface area (Å²) in [7, 11) is 0. The van der Waals surface area contributed by atoms with E-state index in [0.29, 0.717) is 24.4 Å². The van der Waals surface area contributed by atoms with Crippen LogP contribution in [-0.2, 0) is 4.79 Å². The maximum Gasteiger partial charge on any atom is 0.253 e. The van der Waals surface area contributed by atoms with E-state index in [1.807, 2.05) is 91.0 Å². The highest BCUT2D eigenvalue weighted by Crippen LogP contribution is 2.27. The molecule has 5 heteroatoms. The summed E-state index contributed by atoms with van der Waals surface area (Å²) in [5.41, 5.74) is 2.62. The van der Waals surface area contributed by atoms with E-state index in [9.17, 15) is 9.59 Å². The molecule has 0 saturated carbocycles. The van der Waals surface area contributed by atoms with Crippen molar-refractivity contribution in [1.29, 1.82) is 0 Å². The van der Waals surface area contributed by atoms with Crippen molar-refractivity contribution < 1.29 is 14.3 Å². The largest absolute Gasteiger partial charge is 0.492 e. The van der Waals surface area contributed by atoms with Crippen molar-refractivity contribution in [3.05, 3.63) is 132 Å². The Hall–Kier alpha value is -4.38. The first-order valence-corrected chi connectivity index (χ1v) is 11.2. The molecule has 0 aromatic heterocycles. The summed E-state index contributed by atoms with van der Waals surface area (Å²) in [6.45, 7) is 0.682. The lowest BCUT2D eigenvalue weighted by atomic mass is 9.90. The molecule has 0 aliphatic heterocycles. The van der Waals surface area contributed by atoms with Gasteiger partial charge in [0.15, 0.2) is 0 Å². The molecule has 0 radical (unpaired) electrons. The zero-order chi connectivity index (χ0) is 23.6. The number of anilines is 1. The minimum atomic E-state index is -0.502. The van der Waals surface area contributed by atoms with Crippen LogP contribution >= 0.6 is 0 Å². The Morgan fingerprint density at radius 2 is 1.21 bits per heavy atom. The fraction of sp³-hybridized carbons (Fsp3) is 0.103. The smallest absolute Gasteiger partial charge is 0.253 e. The Morgan fingerprint density at radius 1 is 0.676 bits per heavy atom. The van der Waals surface area contributed by atoms with Crippen molar-refractivity contribution in [2.24, 2.45) is 0 Å². The molecular formula is C29H26N2O3. The average Bonchev–Trinajstić information content (AvgIpc) is 2.89. The van der Waals surface area contributed by atoms with Crippen LogP contribution in [0.4, 0.5) is 5.69 Å². The molecule has 0 unspecified atom stereocenters. The van der Waals surface area contributed by atoms with Gasteiger partial charge < -0.3 is 15.4 Å². The third-order valence-corrected chi connectivity index (χ3v) is 5.36. The molecule has 170 valence electrons. The van der Waals surface area contributed by atoms with Crippen LogP contribution in [0.2, 0.25) is 0 Å². The minimum absolute atomic E-state index is 0.204. The molecule has 2 amide bonds. The Labute approximate surface area is 199 Å². The number of hydrogen-bond acceptors (Lipinski definition) is 3. The topological polar surface area (TPSA) is 67.4 Å². The molecule has 34 heavy (non-hydrogen) atoms. The summed E-state index contributed by atoms with van der Waals surface area (Å²) in [5, 5.41) is 5.83. The fourth-order valence-corrected chi connectivity index (χ4v) is 3.73. The third kappa shape index (κ3) is 5.90. The summed E-state index contributed by atoms with van der Waals surface area (Å²) in [5.74, 6) is -0.233. The molecule has 4 rings (SSSR count). The quantitative estimate of drug-likeness (QED) is 0.342. The molecule has 0 fully saturated rings. The van der Waals surface area contributed by atoms with Crippen LogP contribution in [0.25, 0.3) is 0 Å². The van der Waals surface area contributed by atoms with Gasteiger partial charge in [0.25, 0.3) is 5.91 Å². The first-order chi connectivity index (χ1) is 16.7. The number of nitrogens with one attached hydrogen (secondary N) is 2.